The largest absolute Gasteiger partial charge is 0.457 e. The Labute approximate surface area is 187 Å². The van der Waals surface area contributed by atoms with Gasteiger partial charge in [-0.2, -0.15) is 4.99 Å². The second-order valence-corrected chi connectivity index (χ2v) is 11.2. The Balaban J connectivity index is 1.62. The Hall–Kier alpha value is -2.32. The summed E-state index contributed by atoms with van der Waals surface area (Å²) in [6.07, 6.45) is 1.48. The highest BCUT2D eigenvalue weighted by Gasteiger charge is 2.49. The van der Waals surface area contributed by atoms with Crippen LogP contribution in [0.15, 0.2) is 59.6 Å². The Bertz CT molecular complexity index is 1060. The van der Waals surface area contributed by atoms with E-state index in [4.69, 9.17) is 4.74 Å². The minimum Gasteiger partial charge on any atom is -0.457 e. The summed E-state index contributed by atoms with van der Waals surface area (Å²) in [6.45, 7) is 3.97. The molecule has 0 unspecified atom stereocenters. The van der Waals surface area contributed by atoms with Crippen LogP contribution >= 0.6 is 11.8 Å². The number of benzene rings is 2. The lowest BCUT2D eigenvalue weighted by molar-refractivity contribution is -0.121. The van der Waals surface area contributed by atoms with Crippen LogP contribution < -0.4 is 9.64 Å². The molecule has 0 N–H and O–H groups in total. The molecule has 6 nitrogen and oxygen atoms in total. The van der Waals surface area contributed by atoms with Crippen LogP contribution in [0.3, 0.4) is 0 Å². The number of fused-ring (bicyclic) bond motifs is 1. The maximum Gasteiger partial charge on any atom is 0.251 e. The van der Waals surface area contributed by atoms with Crippen molar-refractivity contribution < 1.29 is 17.9 Å². The summed E-state index contributed by atoms with van der Waals surface area (Å²) < 4.78 is 30.3. The zero-order chi connectivity index (χ0) is 22.0. The number of aliphatic imine (C=N–C) groups is 1. The molecular weight excluding hydrogens is 432 g/mol. The second-order valence-electron chi connectivity index (χ2n) is 7.83. The molecule has 2 aromatic carbocycles. The lowest BCUT2D eigenvalue weighted by atomic mass is 10.0. The predicted molar refractivity (Wildman–Crippen MR) is 126 cm³/mol. The molecule has 0 radical (unpaired) electrons. The lowest BCUT2D eigenvalue weighted by Crippen LogP contribution is -2.37. The molecule has 2 aliphatic rings. The molecule has 164 valence electrons. The van der Waals surface area contributed by atoms with Crippen molar-refractivity contribution in [2.24, 2.45) is 10.9 Å². The molecule has 2 heterocycles. The Morgan fingerprint density at radius 1 is 1.06 bits per heavy atom. The van der Waals surface area contributed by atoms with Crippen molar-refractivity contribution in [2.75, 3.05) is 16.4 Å². The number of rotatable bonds is 6. The van der Waals surface area contributed by atoms with Gasteiger partial charge in [-0.15, -0.1) is 0 Å². The number of thioether (sulfide) groups is 1. The quantitative estimate of drug-likeness (QED) is 0.634. The normalized spacial score (nSPS) is 23.3. The highest BCUT2D eigenvalue weighted by atomic mass is 32.2. The topological polar surface area (TPSA) is 76.0 Å². The molecule has 8 heteroatoms. The molecule has 0 spiro atoms. The summed E-state index contributed by atoms with van der Waals surface area (Å²) >= 11 is 1.40. The fraction of sp³-hybridized carbons (Fsp3) is 0.391. The summed E-state index contributed by atoms with van der Waals surface area (Å²) in [5, 5.41) is 0.483. The van der Waals surface area contributed by atoms with Gasteiger partial charge in [0.15, 0.2) is 15.0 Å². The molecule has 2 aliphatic heterocycles. The van der Waals surface area contributed by atoms with E-state index in [0.29, 0.717) is 10.9 Å². The van der Waals surface area contributed by atoms with Gasteiger partial charge in [0.1, 0.15) is 11.5 Å². The van der Waals surface area contributed by atoms with E-state index in [2.05, 4.69) is 4.99 Å². The zero-order valence-electron chi connectivity index (χ0n) is 17.6. The maximum atomic E-state index is 12.7. The van der Waals surface area contributed by atoms with Crippen molar-refractivity contribution in [3.8, 4) is 11.5 Å². The number of hydrogen-bond acceptors (Lipinski definition) is 5. The van der Waals surface area contributed by atoms with E-state index in [1.807, 2.05) is 73.3 Å². The average Bonchev–Trinajstić information content (AvgIpc) is 3.21. The zero-order valence-corrected chi connectivity index (χ0v) is 19.2. The van der Waals surface area contributed by atoms with E-state index in [9.17, 15) is 13.2 Å². The summed E-state index contributed by atoms with van der Waals surface area (Å²) in [7, 11) is -3.10. The standard InChI is InChI=1S/C23H26N2O4S2/c1-3-16(4-2)22(26)24-23-25(20-14-31(27,28)15-21(20)30-23)17-10-12-19(13-11-17)29-18-8-6-5-7-9-18/h5-13,16,20-21H,3-4,14-15H2,1-2H3/t20-,21-/m1/s1. The van der Waals surface area contributed by atoms with Crippen LogP contribution in [-0.2, 0) is 14.6 Å². The summed E-state index contributed by atoms with van der Waals surface area (Å²) in [5.74, 6) is 1.37. The number of sulfone groups is 1. The molecule has 0 aromatic heterocycles. The monoisotopic (exact) mass is 458 g/mol. The number of carbonyl (C=O) groups is 1. The first-order chi connectivity index (χ1) is 14.9. The van der Waals surface area contributed by atoms with Gasteiger partial charge in [-0.1, -0.05) is 43.8 Å². The van der Waals surface area contributed by atoms with Gasteiger partial charge >= 0.3 is 0 Å². The first kappa shape index (κ1) is 21.9. The molecule has 0 bridgehead atoms. The van der Waals surface area contributed by atoms with Crippen molar-refractivity contribution in [3.05, 3.63) is 54.6 Å². The molecule has 31 heavy (non-hydrogen) atoms. The van der Waals surface area contributed by atoms with Crippen LogP contribution in [-0.4, -0.2) is 42.3 Å². The van der Waals surface area contributed by atoms with Crippen molar-refractivity contribution in [2.45, 2.75) is 38.0 Å². The van der Waals surface area contributed by atoms with Gasteiger partial charge in [0.2, 0.25) is 0 Å². The van der Waals surface area contributed by atoms with Crippen molar-refractivity contribution in [3.63, 3.8) is 0 Å². The van der Waals surface area contributed by atoms with E-state index >= 15 is 0 Å². The number of para-hydroxylation sites is 1. The highest BCUT2D eigenvalue weighted by Crippen LogP contribution is 2.41. The molecule has 1 amide bonds. The summed E-state index contributed by atoms with van der Waals surface area (Å²) in [6, 6.07) is 16.8. The van der Waals surface area contributed by atoms with Crippen LogP contribution in [0, 0.1) is 5.92 Å². The average molecular weight is 459 g/mol. The van der Waals surface area contributed by atoms with Gasteiger partial charge in [-0.05, 0) is 49.2 Å². The van der Waals surface area contributed by atoms with Gasteiger partial charge in [0.05, 0.1) is 17.5 Å². The lowest BCUT2D eigenvalue weighted by Gasteiger charge is -2.25. The second kappa shape index (κ2) is 9.04. The molecule has 4 rings (SSSR count). The minimum absolute atomic E-state index is 0.0745. The first-order valence-corrected chi connectivity index (χ1v) is 13.2. The summed E-state index contributed by atoms with van der Waals surface area (Å²) in [4.78, 5) is 19.0. The van der Waals surface area contributed by atoms with Gasteiger partial charge in [-0.25, -0.2) is 8.42 Å². The molecule has 2 saturated heterocycles. The van der Waals surface area contributed by atoms with Crippen LogP contribution in [0.25, 0.3) is 0 Å². The maximum absolute atomic E-state index is 12.7. The number of anilines is 1. The fourth-order valence-corrected chi connectivity index (χ4v) is 7.91. The smallest absolute Gasteiger partial charge is 0.251 e. The van der Waals surface area contributed by atoms with Crippen molar-refractivity contribution in [1.29, 1.82) is 0 Å². The number of nitrogens with zero attached hydrogens (tertiary/aromatic N) is 2. The van der Waals surface area contributed by atoms with Crippen LogP contribution in [0.1, 0.15) is 26.7 Å². The SMILES string of the molecule is CCC(CC)C(=O)N=C1S[C@@H]2CS(=O)(=O)C[C@H]2N1c1ccc(Oc2ccccc2)cc1. The van der Waals surface area contributed by atoms with Crippen LogP contribution in [0.4, 0.5) is 5.69 Å². The predicted octanol–water partition coefficient (Wildman–Crippen LogP) is 4.52. The van der Waals surface area contributed by atoms with Gasteiger partial charge in [-0.3, -0.25) is 4.79 Å². The van der Waals surface area contributed by atoms with E-state index < -0.39 is 9.84 Å². The summed E-state index contributed by atoms with van der Waals surface area (Å²) in [5.41, 5.74) is 0.814. The Morgan fingerprint density at radius 2 is 1.71 bits per heavy atom. The molecule has 0 saturated carbocycles. The fourth-order valence-electron chi connectivity index (χ4n) is 3.99. The van der Waals surface area contributed by atoms with Gasteiger partial charge < -0.3 is 9.64 Å². The Morgan fingerprint density at radius 3 is 2.35 bits per heavy atom. The number of amides is 1. The van der Waals surface area contributed by atoms with E-state index in [0.717, 1.165) is 24.3 Å². The van der Waals surface area contributed by atoms with Crippen molar-refractivity contribution in [1.82, 2.24) is 0 Å². The van der Waals surface area contributed by atoms with E-state index in [1.165, 1.54) is 11.8 Å². The minimum atomic E-state index is -3.10. The third-order valence-electron chi connectivity index (χ3n) is 5.70. The number of ether oxygens (including phenoxy) is 1. The van der Waals surface area contributed by atoms with Crippen molar-refractivity contribution >= 4 is 38.4 Å². The van der Waals surface area contributed by atoms with E-state index in [1.54, 1.807) is 0 Å². The van der Waals surface area contributed by atoms with E-state index in [-0.39, 0.29) is 34.6 Å². The molecule has 2 atom stereocenters. The molecule has 0 aliphatic carbocycles. The number of hydrogen-bond donors (Lipinski definition) is 0. The number of amidine groups is 1. The van der Waals surface area contributed by atoms with Gasteiger partial charge in [0, 0.05) is 16.9 Å². The molecule has 2 aromatic rings. The third-order valence-corrected chi connectivity index (χ3v) is 8.91. The first-order valence-electron chi connectivity index (χ1n) is 10.5. The number of carbonyl (C=O) groups excluding carboxylic acids is 1. The molecule has 2 fully saturated rings. The van der Waals surface area contributed by atoms with Crippen LogP contribution in [0.2, 0.25) is 0 Å². The third kappa shape index (κ3) is 4.80. The van der Waals surface area contributed by atoms with Gasteiger partial charge in [0.25, 0.3) is 5.91 Å². The highest BCUT2D eigenvalue weighted by molar-refractivity contribution is 8.16. The van der Waals surface area contributed by atoms with Crippen LogP contribution in [0.5, 0.6) is 11.5 Å². The molecular formula is C23H26N2O4S2. The Kier molecular flexibility index (Phi) is 6.39.